The monoisotopic (exact) mass is 286 g/mol. The molecule has 1 aliphatic heterocycles. The van der Waals surface area contributed by atoms with Gasteiger partial charge in [0.2, 0.25) is 5.95 Å². The Morgan fingerprint density at radius 2 is 1.81 bits per heavy atom. The van der Waals surface area contributed by atoms with Gasteiger partial charge in [-0.05, 0) is 30.2 Å². The SMILES string of the molecule is Cc1cc(CN2CCN(c3ncccn3)CC2)ccc1F. The highest BCUT2D eigenvalue weighted by atomic mass is 19.1. The van der Waals surface area contributed by atoms with E-state index in [9.17, 15) is 4.39 Å². The van der Waals surface area contributed by atoms with Crippen LogP contribution in [0, 0.1) is 12.7 Å². The van der Waals surface area contributed by atoms with E-state index >= 15 is 0 Å². The molecule has 0 radical (unpaired) electrons. The minimum absolute atomic E-state index is 0.134. The van der Waals surface area contributed by atoms with E-state index in [1.54, 1.807) is 18.5 Å². The van der Waals surface area contributed by atoms with Gasteiger partial charge in [0.1, 0.15) is 5.82 Å². The number of aryl methyl sites for hydroxylation is 1. The smallest absolute Gasteiger partial charge is 0.225 e. The van der Waals surface area contributed by atoms with Gasteiger partial charge in [0.15, 0.2) is 0 Å². The lowest BCUT2D eigenvalue weighted by atomic mass is 10.1. The molecule has 110 valence electrons. The molecule has 3 rings (SSSR count). The summed E-state index contributed by atoms with van der Waals surface area (Å²) in [6.45, 7) is 6.45. The van der Waals surface area contributed by atoms with Gasteiger partial charge in [-0.25, -0.2) is 14.4 Å². The molecule has 1 aromatic heterocycles. The molecule has 21 heavy (non-hydrogen) atoms. The fraction of sp³-hybridized carbons (Fsp3) is 0.375. The number of rotatable bonds is 3. The third kappa shape index (κ3) is 3.36. The number of piperazine rings is 1. The van der Waals surface area contributed by atoms with Crippen LogP contribution in [0.2, 0.25) is 0 Å². The molecule has 0 unspecified atom stereocenters. The summed E-state index contributed by atoms with van der Waals surface area (Å²) in [6.07, 6.45) is 3.55. The van der Waals surface area contributed by atoms with Crippen LogP contribution in [0.5, 0.6) is 0 Å². The lowest BCUT2D eigenvalue weighted by Gasteiger charge is -2.34. The highest BCUT2D eigenvalue weighted by Crippen LogP contribution is 2.14. The van der Waals surface area contributed by atoms with Crippen LogP contribution >= 0.6 is 0 Å². The zero-order valence-corrected chi connectivity index (χ0v) is 12.2. The number of halogens is 1. The molecule has 0 saturated carbocycles. The Hall–Kier alpha value is -2.01. The van der Waals surface area contributed by atoms with Crippen LogP contribution in [0.1, 0.15) is 11.1 Å². The van der Waals surface area contributed by atoms with Gasteiger partial charge in [0.25, 0.3) is 0 Å². The van der Waals surface area contributed by atoms with Gasteiger partial charge in [-0.1, -0.05) is 12.1 Å². The topological polar surface area (TPSA) is 32.3 Å². The highest BCUT2D eigenvalue weighted by molar-refractivity contribution is 5.29. The molecule has 2 aromatic rings. The third-order valence-corrected chi connectivity index (χ3v) is 3.84. The number of aromatic nitrogens is 2. The Labute approximate surface area is 124 Å². The molecule has 2 heterocycles. The quantitative estimate of drug-likeness (QED) is 0.866. The standard InChI is InChI=1S/C16H19FN4/c1-13-11-14(3-4-15(13)17)12-20-7-9-21(10-8-20)16-18-5-2-6-19-16/h2-6,11H,7-10,12H2,1H3. The first-order chi connectivity index (χ1) is 10.2. The van der Waals surface area contributed by atoms with Crippen molar-refractivity contribution in [3.05, 3.63) is 53.6 Å². The molecule has 5 heteroatoms. The second-order valence-corrected chi connectivity index (χ2v) is 5.40. The maximum absolute atomic E-state index is 13.3. The second-order valence-electron chi connectivity index (χ2n) is 5.40. The Kier molecular flexibility index (Phi) is 4.10. The van der Waals surface area contributed by atoms with E-state index in [0.29, 0.717) is 5.56 Å². The lowest BCUT2D eigenvalue weighted by molar-refractivity contribution is 0.248. The summed E-state index contributed by atoms with van der Waals surface area (Å²) in [7, 11) is 0. The molecule has 0 bridgehead atoms. The molecule has 4 nitrogen and oxygen atoms in total. The summed E-state index contributed by atoms with van der Waals surface area (Å²) >= 11 is 0. The van der Waals surface area contributed by atoms with Crippen molar-refractivity contribution < 1.29 is 4.39 Å². The van der Waals surface area contributed by atoms with E-state index in [2.05, 4.69) is 19.8 Å². The van der Waals surface area contributed by atoms with Gasteiger partial charge in [-0.15, -0.1) is 0 Å². The second kappa shape index (κ2) is 6.18. The van der Waals surface area contributed by atoms with Crippen LogP contribution in [0.4, 0.5) is 10.3 Å². The predicted octanol–water partition coefficient (Wildman–Crippen LogP) is 2.25. The summed E-state index contributed by atoms with van der Waals surface area (Å²) in [5, 5.41) is 0. The number of benzene rings is 1. The first-order valence-electron chi connectivity index (χ1n) is 7.22. The number of anilines is 1. The van der Waals surface area contributed by atoms with Crippen molar-refractivity contribution >= 4 is 5.95 Å². The van der Waals surface area contributed by atoms with Crippen molar-refractivity contribution in [1.29, 1.82) is 0 Å². The summed E-state index contributed by atoms with van der Waals surface area (Å²) in [4.78, 5) is 13.2. The Bertz CT molecular complexity index is 594. The average Bonchev–Trinajstić information content (AvgIpc) is 2.53. The maximum atomic E-state index is 13.3. The Morgan fingerprint density at radius 3 is 2.48 bits per heavy atom. The average molecular weight is 286 g/mol. The third-order valence-electron chi connectivity index (χ3n) is 3.84. The lowest BCUT2D eigenvalue weighted by Crippen LogP contribution is -2.46. The van der Waals surface area contributed by atoms with E-state index in [0.717, 1.165) is 38.7 Å². The zero-order chi connectivity index (χ0) is 14.7. The van der Waals surface area contributed by atoms with Crippen LogP contribution in [0.3, 0.4) is 0 Å². The normalized spacial score (nSPS) is 16.2. The van der Waals surface area contributed by atoms with E-state index in [1.165, 1.54) is 5.56 Å². The van der Waals surface area contributed by atoms with Crippen LogP contribution < -0.4 is 4.90 Å². The first kappa shape index (κ1) is 13.9. The summed E-state index contributed by atoms with van der Waals surface area (Å²) in [5.74, 6) is 0.666. The van der Waals surface area contributed by atoms with Crippen molar-refractivity contribution in [1.82, 2.24) is 14.9 Å². The molecule has 0 spiro atoms. The van der Waals surface area contributed by atoms with Crippen molar-refractivity contribution in [3.8, 4) is 0 Å². The molecule has 0 amide bonds. The fourth-order valence-electron chi connectivity index (χ4n) is 2.62. The van der Waals surface area contributed by atoms with Gasteiger partial charge in [-0.2, -0.15) is 0 Å². The Balaban J connectivity index is 1.57. The largest absolute Gasteiger partial charge is 0.338 e. The van der Waals surface area contributed by atoms with Crippen molar-refractivity contribution in [2.24, 2.45) is 0 Å². The van der Waals surface area contributed by atoms with Crippen LogP contribution in [-0.4, -0.2) is 41.0 Å². The van der Waals surface area contributed by atoms with Gasteiger partial charge in [0, 0.05) is 45.1 Å². The van der Waals surface area contributed by atoms with Crippen LogP contribution in [-0.2, 0) is 6.54 Å². The van der Waals surface area contributed by atoms with Crippen LogP contribution in [0.15, 0.2) is 36.7 Å². The van der Waals surface area contributed by atoms with Gasteiger partial charge < -0.3 is 4.90 Å². The minimum atomic E-state index is -0.134. The molecule has 0 atom stereocenters. The molecular formula is C16H19FN4. The highest BCUT2D eigenvalue weighted by Gasteiger charge is 2.18. The number of hydrogen-bond donors (Lipinski definition) is 0. The molecule has 0 aliphatic carbocycles. The fourth-order valence-corrected chi connectivity index (χ4v) is 2.62. The van der Waals surface area contributed by atoms with Crippen molar-refractivity contribution in [2.75, 3.05) is 31.1 Å². The van der Waals surface area contributed by atoms with E-state index in [4.69, 9.17) is 0 Å². The van der Waals surface area contributed by atoms with Crippen LogP contribution in [0.25, 0.3) is 0 Å². The van der Waals surface area contributed by atoms with E-state index < -0.39 is 0 Å². The van der Waals surface area contributed by atoms with E-state index in [1.807, 2.05) is 25.1 Å². The Morgan fingerprint density at radius 1 is 1.10 bits per heavy atom. The predicted molar refractivity (Wildman–Crippen MR) is 80.7 cm³/mol. The summed E-state index contributed by atoms with van der Waals surface area (Å²) in [5.41, 5.74) is 1.88. The minimum Gasteiger partial charge on any atom is -0.338 e. The number of nitrogens with zero attached hydrogens (tertiary/aromatic N) is 4. The van der Waals surface area contributed by atoms with Gasteiger partial charge in [0.05, 0.1) is 0 Å². The van der Waals surface area contributed by atoms with Crippen molar-refractivity contribution in [2.45, 2.75) is 13.5 Å². The zero-order valence-electron chi connectivity index (χ0n) is 12.2. The van der Waals surface area contributed by atoms with Gasteiger partial charge in [-0.3, -0.25) is 4.90 Å². The van der Waals surface area contributed by atoms with E-state index in [-0.39, 0.29) is 5.82 Å². The molecule has 1 aliphatic rings. The first-order valence-corrected chi connectivity index (χ1v) is 7.22. The summed E-state index contributed by atoms with van der Waals surface area (Å²) < 4.78 is 13.3. The molecule has 1 saturated heterocycles. The molecule has 1 aromatic carbocycles. The van der Waals surface area contributed by atoms with Crippen molar-refractivity contribution in [3.63, 3.8) is 0 Å². The summed E-state index contributed by atoms with van der Waals surface area (Å²) in [6, 6.07) is 7.19. The molecule has 1 fully saturated rings. The molecule has 0 N–H and O–H groups in total. The number of hydrogen-bond acceptors (Lipinski definition) is 4. The molecular weight excluding hydrogens is 267 g/mol. The maximum Gasteiger partial charge on any atom is 0.225 e. The van der Waals surface area contributed by atoms with Gasteiger partial charge >= 0.3 is 0 Å².